The molecule has 0 bridgehead atoms. The molecule has 114 valence electrons. The normalized spacial score (nSPS) is 10.1. The minimum absolute atomic E-state index is 0.000256. The fourth-order valence-electron chi connectivity index (χ4n) is 1.79. The molecule has 0 spiro atoms. The van der Waals surface area contributed by atoms with Crippen molar-refractivity contribution in [3.8, 4) is 0 Å². The molecule has 7 heteroatoms. The number of carbonyl (C=O) groups is 2. The van der Waals surface area contributed by atoms with Gasteiger partial charge >= 0.3 is 5.97 Å². The fraction of sp³-hybridized carbons (Fsp3) is 0.200. The molecule has 0 aliphatic rings. The molecule has 6 nitrogen and oxygen atoms in total. The van der Waals surface area contributed by atoms with Crippen LogP contribution in [0.25, 0.3) is 0 Å². The fourth-order valence-corrected chi connectivity index (χ4v) is 1.79. The lowest BCUT2D eigenvalue weighted by Crippen LogP contribution is -2.24. The van der Waals surface area contributed by atoms with E-state index in [1.165, 1.54) is 19.2 Å². The number of halogens is 1. The molecule has 1 amide bonds. The van der Waals surface area contributed by atoms with Crippen molar-refractivity contribution in [1.82, 2.24) is 15.3 Å². The van der Waals surface area contributed by atoms with Gasteiger partial charge in [0.25, 0.3) is 5.91 Å². The van der Waals surface area contributed by atoms with Crippen LogP contribution in [-0.4, -0.2) is 29.0 Å². The van der Waals surface area contributed by atoms with Crippen LogP contribution in [0.15, 0.2) is 30.6 Å². The van der Waals surface area contributed by atoms with E-state index in [2.05, 4.69) is 20.0 Å². The molecule has 0 atom stereocenters. The van der Waals surface area contributed by atoms with E-state index in [-0.39, 0.29) is 23.7 Å². The van der Waals surface area contributed by atoms with Gasteiger partial charge in [-0.1, -0.05) is 12.1 Å². The predicted octanol–water partition coefficient (Wildman–Crippen LogP) is 1.64. The average molecular weight is 303 g/mol. The Morgan fingerprint density at radius 2 is 1.95 bits per heavy atom. The minimum atomic E-state index is -0.648. The first-order valence-electron chi connectivity index (χ1n) is 6.45. The van der Waals surface area contributed by atoms with Gasteiger partial charge in [-0.15, -0.1) is 0 Å². The Bertz CT molecular complexity index is 719. The SMILES string of the molecule is COC(=O)c1cc(C(=O)NCc2ccc(F)c(C)c2)ncn1. The lowest BCUT2D eigenvalue weighted by molar-refractivity contribution is 0.0593. The first-order chi connectivity index (χ1) is 10.5. The summed E-state index contributed by atoms with van der Waals surface area (Å²) in [5.74, 6) is -1.41. The summed E-state index contributed by atoms with van der Waals surface area (Å²) in [5, 5.41) is 2.64. The van der Waals surface area contributed by atoms with Crippen LogP contribution in [0.1, 0.15) is 32.1 Å². The van der Waals surface area contributed by atoms with Gasteiger partial charge in [0.2, 0.25) is 0 Å². The molecule has 0 saturated carbocycles. The van der Waals surface area contributed by atoms with E-state index in [0.717, 1.165) is 11.9 Å². The van der Waals surface area contributed by atoms with Crippen molar-refractivity contribution >= 4 is 11.9 Å². The average Bonchev–Trinajstić information content (AvgIpc) is 2.55. The Kier molecular flexibility index (Phi) is 4.77. The molecule has 1 aromatic carbocycles. The summed E-state index contributed by atoms with van der Waals surface area (Å²) < 4.78 is 17.7. The number of nitrogens with one attached hydrogen (secondary N) is 1. The van der Waals surface area contributed by atoms with Crippen molar-refractivity contribution in [2.24, 2.45) is 0 Å². The topological polar surface area (TPSA) is 81.2 Å². The number of hydrogen-bond acceptors (Lipinski definition) is 5. The molecule has 0 saturated heterocycles. The van der Waals surface area contributed by atoms with Gasteiger partial charge in [-0.3, -0.25) is 4.79 Å². The molecule has 0 aliphatic carbocycles. The van der Waals surface area contributed by atoms with Crippen LogP contribution in [-0.2, 0) is 11.3 Å². The maximum Gasteiger partial charge on any atom is 0.356 e. The Labute approximate surface area is 126 Å². The number of esters is 1. The molecule has 0 radical (unpaired) electrons. The summed E-state index contributed by atoms with van der Waals surface area (Å²) in [7, 11) is 1.22. The quantitative estimate of drug-likeness (QED) is 0.868. The molecule has 22 heavy (non-hydrogen) atoms. The smallest absolute Gasteiger partial charge is 0.356 e. The highest BCUT2D eigenvalue weighted by Crippen LogP contribution is 2.09. The second-order valence-corrected chi connectivity index (χ2v) is 4.55. The summed E-state index contributed by atoms with van der Waals surface area (Å²) in [6.07, 6.45) is 1.11. The number of nitrogens with zero attached hydrogens (tertiary/aromatic N) is 2. The van der Waals surface area contributed by atoms with Crippen LogP contribution in [0.5, 0.6) is 0 Å². The zero-order chi connectivity index (χ0) is 16.1. The van der Waals surface area contributed by atoms with E-state index in [9.17, 15) is 14.0 Å². The van der Waals surface area contributed by atoms with Gasteiger partial charge in [0.1, 0.15) is 17.8 Å². The Hall–Kier alpha value is -2.83. The third-order valence-corrected chi connectivity index (χ3v) is 2.97. The number of aromatic nitrogens is 2. The Morgan fingerprint density at radius 3 is 2.64 bits per heavy atom. The van der Waals surface area contributed by atoms with E-state index < -0.39 is 11.9 Å². The molecule has 1 N–H and O–H groups in total. The molecule has 0 unspecified atom stereocenters. The van der Waals surface area contributed by atoms with Crippen molar-refractivity contribution in [3.05, 3.63) is 58.9 Å². The number of rotatable bonds is 4. The number of carbonyl (C=O) groups excluding carboxylic acids is 2. The number of methoxy groups -OCH3 is 1. The van der Waals surface area contributed by atoms with E-state index in [1.807, 2.05) is 0 Å². The van der Waals surface area contributed by atoms with Crippen molar-refractivity contribution in [1.29, 1.82) is 0 Å². The predicted molar refractivity (Wildman–Crippen MR) is 75.7 cm³/mol. The van der Waals surface area contributed by atoms with Gasteiger partial charge in [-0.05, 0) is 24.1 Å². The first-order valence-corrected chi connectivity index (χ1v) is 6.45. The van der Waals surface area contributed by atoms with Gasteiger partial charge < -0.3 is 10.1 Å². The second kappa shape index (κ2) is 6.75. The van der Waals surface area contributed by atoms with Crippen LogP contribution in [0.4, 0.5) is 4.39 Å². The molecule has 1 aromatic heterocycles. The number of ether oxygens (including phenoxy) is 1. The minimum Gasteiger partial charge on any atom is -0.464 e. The van der Waals surface area contributed by atoms with Crippen molar-refractivity contribution < 1.29 is 18.7 Å². The van der Waals surface area contributed by atoms with Gasteiger partial charge in [-0.25, -0.2) is 19.2 Å². The lowest BCUT2D eigenvalue weighted by Gasteiger charge is -2.06. The van der Waals surface area contributed by atoms with Crippen LogP contribution >= 0.6 is 0 Å². The molecule has 1 heterocycles. The number of benzene rings is 1. The molecule has 2 rings (SSSR count). The maximum atomic E-state index is 13.2. The first kappa shape index (κ1) is 15.6. The molecular weight excluding hydrogens is 289 g/mol. The zero-order valence-electron chi connectivity index (χ0n) is 12.1. The van der Waals surface area contributed by atoms with Crippen LogP contribution in [0.2, 0.25) is 0 Å². The molecule has 2 aromatic rings. The number of aryl methyl sites for hydroxylation is 1. The third-order valence-electron chi connectivity index (χ3n) is 2.97. The molecule has 0 aliphatic heterocycles. The van der Waals surface area contributed by atoms with Crippen LogP contribution in [0, 0.1) is 12.7 Å². The van der Waals surface area contributed by atoms with Gasteiger partial charge in [-0.2, -0.15) is 0 Å². The lowest BCUT2D eigenvalue weighted by atomic mass is 10.1. The Morgan fingerprint density at radius 1 is 1.23 bits per heavy atom. The van der Waals surface area contributed by atoms with Gasteiger partial charge in [0, 0.05) is 12.6 Å². The summed E-state index contributed by atoms with van der Waals surface area (Å²) >= 11 is 0. The highest BCUT2D eigenvalue weighted by atomic mass is 19.1. The monoisotopic (exact) mass is 303 g/mol. The van der Waals surface area contributed by atoms with Crippen molar-refractivity contribution in [3.63, 3.8) is 0 Å². The maximum absolute atomic E-state index is 13.2. The van der Waals surface area contributed by atoms with E-state index >= 15 is 0 Å². The van der Waals surface area contributed by atoms with Crippen LogP contribution < -0.4 is 5.32 Å². The van der Waals surface area contributed by atoms with E-state index in [4.69, 9.17) is 0 Å². The molecular formula is C15H14FN3O3. The third kappa shape index (κ3) is 3.63. The summed E-state index contributed by atoms with van der Waals surface area (Å²) in [5.41, 5.74) is 1.31. The number of amides is 1. The van der Waals surface area contributed by atoms with Gasteiger partial charge in [0.15, 0.2) is 5.69 Å². The largest absolute Gasteiger partial charge is 0.464 e. The zero-order valence-corrected chi connectivity index (χ0v) is 12.1. The summed E-state index contributed by atoms with van der Waals surface area (Å²) in [6, 6.07) is 5.83. The van der Waals surface area contributed by atoms with E-state index in [1.54, 1.807) is 19.1 Å². The molecule has 0 fully saturated rings. The highest BCUT2D eigenvalue weighted by molar-refractivity contribution is 5.95. The second-order valence-electron chi connectivity index (χ2n) is 4.55. The van der Waals surface area contributed by atoms with Crippen molar-refractivity contribution in [2.75, 3.05) is 7.11 Å². The highest BCUT2D eigenvalue weighted by Gasteiger charge is 2.13. The van der Waals surface area contributed by atoms with Crippen LogP contribution in [0.3, 0.4) is 0 Å². The number of hydrogen-bond donors (Lipinski definition) is 1. The summed E-state index contributed by atoms with van der Waals surface area (Å²) in [4.78, 5) is 30.9. The standard InChI is InChI=1S/C15H14FN3O3/c1-9-5-10(3-4-11(9)16)7-17-14(20)12-6-13(15(21)22-2)19-8-18-12/h3-6,8H,7H2,1-2H3,(H,17,20). The van der Waals surface area contributed by atoms with Crippen molar-refractivity contribution in [2.45, 2.75) is 13.5 Å². The Balaban J connectivity index is 2.06. The summed E-state index contributed by atoms with van der Waals surface area (Å²) in [6.45, 7) is 1.87. The van der Waals surface area contributed by atoms with E-state index in [0.29, 0.717) is 5.56 Å². The van der Waals surface area contributed by atoms with Gasteiger partial charge in [0.05, 0.1) is 7.11 Å².